The molecular formula is C14H20N2OS. The van der Waals surface area contributed by atoms with Crippen molar-refractivity contribution < 1.29 is 4.79 Å². The van der Waals surface area contributed by atoms with Gasteiger partial charge in [-0.15, -0.1) is 0 Å². The van der Waals surface area contributed by atoms with Gasteiger partial charge in [0, 0.05) is 25.4 Å². The summed E-state index contributed by atoms with van der Waals surface area (Å²) in [4.78, 5) is 14.3. The molecule has 0 aliphatic carbocycles. The van der Waals surface area contributed by atoms with Gasteiger partial charge in [-0.2, -0.15) is 0 Å². The SMILES string of the molecule is CCN(Cc1ccccc1)C(=O)CC(C)C(N)=S. The van der Waals surface area contributed by atoms with E-state index in [1.54, 1.807) is 0 Å². The first-order valence-corrected chi connectivity index (χ1v) is 6.56. The van der Waals surface area contributed by atoms with E-state index < -0.39 is 0 Å². The summed E-state index contributed by atoms with van der Waals surface area (Å²) in [5, 5.41) is 0. The van der Waals surface area contributed by atoms with Crippen molar-refractivity contribution in [2.24, 2.45) is 11.7 Å². The van der Waals surface area contributed by atoms with Crippen molar-refractivity contribution in [1.82, 2.24) is 4.90 Å². The van der Waals surface area contributed by atoms with E-state index in [2.05, 4.69) is 0 Å². The number of nitrogens with two attached hydrogens (primary N) is 1. The number of hydrogen-bond donors (Lipinski definition) is 1. The van der Waals surface area contributed by atoms with Gasteiger partial charge in [0.25, 0.3) is 0 Å². The van der Waals surface area contributed by atoms with Gasteiger partial charge >= 0.3 is 0 Å². The zero-order valence-electron chi connectivity index (χ0n) is 10.9. The second-order valence-corrected chi connectivity index (χ2v) is 4.87. The number of nitrogens with zero attached hydrogens (tertiary/aromatic N) is 1. The fraction of sp³-hybridized carbons (Fsp3) is 0.429. The van der Waals surface area contributed by atoms with Crippen LogP contribution >= 0.6 is 12.2 Å². The molecule has 0 saturated carbocycles. The third-order valence-corrected chi connectivity index (χ3v) is 3.32. The van der Waals surface area contributed by atoms with E-state index >= 15 is 0 Å². The van der Waals surface area contributed by atoms with E-state index in [1.165, 1.54) is 0 Å². The molecule has 0 radical (unpaired) electrons. The van der Waals surface area contributed by atoms with E-state index in [9.17, 15) is 4.79 Å². The van der Waals surface area contributed by atoms with Gasteiger partial charge in [0.2, 0.25) is 5.91 Å². The summed E-state index contributed by atoms with van der Waals surface area (Å²) in [5.41, 5.74) is 6.67. The maximum Gasteiger partial charge on any atom is 0.223 e. The molecule has 0 saturated heterocycles. The molecule has 1 atom stereocenters. The summed E-state index contributed by atoms with van der Waals surface area (Å²) in [7, 11) is 0. The Hall–Kier alpha value is -1.42. The number of thiocarbonyl (C=S) groups is 1. The molecule has 0 bridgehead atoms. The first-order valence-electron chi connectivity index (χ1n) is 6.15. The fourth-order valence-electron chi connectivity index (χ4n) is 1.67. The van der Waals surface area contributed by atoms with Crippen LogP contribution in [0.2, 0.25) is 0 Å². The number of benzene rings is 1. The Morgan fingerprint density at radius 2 is 2.00 bits per heavy atom. The van der Waals surface area contributed by atoms with Crippen molar-refractivity contribution in [2.45, 2.75) is 26.8 Å². The van der Waals surface area contributed by atoms with E-state index in [0.717, 1.165) is 5.56 Å². The molecule has 18 heavy (non-hydrogen) atoms. The van der Waals surface area contributed by atoms with Gasteiger partial charge in [-0.05, 0) is 12.5 Å². The van der Waals surface area contributed by atoms with Crippen molar-refractivity contribution in [2.75, 3.05) is 6.54 Å². The molecule has 0 heterocycles. The van der Waals surface area contributed by atoms with E-state index in [0.29, 0.717) is 24.5 Å². The number of rotatable bonds is 6. The molecule has 1 aromatic carbocycles. The van der Waals surface area contributed by atoms with Crippen molar-refractivity contribution >= 4 is 23.1 Å². The Morgan fingerprint density at radius 1 is 1.39 bits per heavy atom. The first-order chi connectivity index (χ1) is 8.54. The van der Waals surface area contributed by atoms with Crippen LogP contribution in [0.1, 0.15) is 25.8 Å². The molecule has 1 amide bonds. The fourth-order valence-corrected chi connectivity index (χ4v) is 1.76. The lowest BCUT2D eigenvalue weighted by Gasteiger charge is -2.22. The Bertz CT molecular complexity index is 406. The van der Waals surface area contributed by atoms with Crippen LogP contribution in [0.5, 0.6) is 0 Å². The molecule has 2 N–H and O–H groups in total. The molecular weight excluding hydrogens is 244 g/mol. The van der Waals surface area contributed by atoms with Crippen LogP contribution in [0.25, 0.3) is 0 Å². The van der Waals surface area contributed by atoms with E-state index in [-0.39, 0.29) is 11.8 Å². The first kappa shape index (κ1) is 14.6. The molecule has 0 aromatic heterocycles. The van der Waals surface area contributed by atoms with Gasteiger partial charge in [0.1, 0.15) is 0 Å². The largest absolute Gasteiger partial charge is 0.393 e. The van der Waals surface area contributed by atoms with Crippen LogP contribution in [0.3, 0.4) is 0 Å². The minimum Gasteiger partial charge on any atom is -0.393 e. The maximum atomic E-state index is 12.1. The third kappa shape index (κ3) is 4.45. The monoisotopic (exact) mass is 264 g/mol. The highest BCUT2D eigenvalue weighted by Crippen LogP contribution is 2.10. The van der Waals surface area contributed by atoms with Gasteiger partial charge < -0.3 is 10.6 Å². The molecule has 4 heteroatoms. The molecule has 0 aliphatic rings. The van der Waals surface area contributed by atoms with Crippen molar-refractivity contribution in [1.29, 1.82) is 0 Å². The summed E-state index contributed by atoms with van der Waals surface area (Å²) >= 11 is 4.90. The Balaban J connectivity index is 2.61. The lowest BCUT2D eigenvalue weighted by atomic mass is 10.1. The molecule has 3 nitrogen and oxygen atoms in total. The number of carbonyl (C=O) groups is 1. The van der Waals surface area contributed by atoms with E-state index in [1.807, 2.05) is 49.1 Å². The molecule has 0 spiro atoms. The van der Waals surface area contributed by atoms with Crippen LogP contribution in [-0.4, -0.2) is 22.3 Å². The maximum absolute atomic E-state index is 12.1. The number of carbonyl (C=O) groups excluding carboxylic acids is 1. The summed E-state index contributed by atoms with van der Waals surface area (Å²) < 4.78 is 0. The highest BCUT2D eigenvalue weighted by Gasteiger charge is 2.16. The van der Waals surface area contributed by atoms with Crippen LogP contribution in [0.15, 0.2) is 30.3 Å². The van der Waals surface area contributed by atoms with Crippen LogP contribution < -0.4 is 5.73 Å². The van der Waals surface area contributed by atoms with Gasteiger partial charge in [0.15, 0.2) is 0 Å². The highest BCUT2D eigenvalue weighted by atomic mass is 32.1. The second-order valence-electron chi connectivity index (χ2n) is 4.40. The molecule has 98 valence electrons. The average molecular weight is 264 g/mol. The van der Waals surface area contributed by atoms with Crippen LogP contribution in [0.4, 0.5) is 0 Å². The predicted molar refractivity (Wildman–Crippen MR) is 78.1 cm³/mol. The molecule has 0 aliphatic heterocycles. The molecule has 0 fully saturated rings. The summed E-state index contributed by atoms with van der Waals surface area (Å²) in [6, 6.07) is 9.97. The summed E-state index contributed by atoms with van der Waals surface area (Å²) in [6.45, 7) is 5.20. The second kappa shape index (κ2) is 7.11. The minimum atomic E-state index is -0.0441. The van der Waals surface area contributed by atoms with E-state index in [4.69, 9.17) is 18.0 Å². The minimum absolute atomic E-state index is 0.0441. The highest BCUT2D eigenvalue weighted by molar-refractivity contribution is 7.80. The standard InChI is InChI=1S/C14H20N2OS/c1-3-16(10-12-7-5-4-6-8-12)13(17)9-11(2)14(15)18/h4-8,11H,3,9-10H2,1-2H3,(H2,15,18). The third-order valence-electron chi connectivity index (χ3n) is 2.92. The Labute approximate surface area is 114 Å². The van der Waals surface area contributed by atoms with Gasteiger partial charge in [-0.25, -0.2) is 0 Å². The van der Waals surface area contributed by atoms with Crippen molar-refractivity contribution in [3.63, 3.8) is 0 Å². The van der Waals surface area contributed by atoms with Gasteiger partial charge in [0.05, 0.1) is 4.99 Å². The average Bonchev–Trinajstić information content (AvgIpc) is 2.36. The predicted octanol–water partition coefficient (Wildman–Crippen LogP) is 2.35. The van der Waals surface area contributed by atoms with Crippen LogP contribution in [0, 0.1) is 5.92 Å². The zero-order valence-corrected chi connectivity index (χ0v) is 11.7. The lowest BCUT2D eigenvalue weighted by molar-refractivity contribution is -0.132. The van der Waals surface area contributed by atoms with Crippen molar-refractivity contribution in [3.05, 3.63) is 35.9 Å². The smallest absolute Gasteiger partial charge is 0.223 e. The Kier molecular flexibility index (Phi) is 5.78. The Morgan fingerprint density at radius 3 is 2.50 bits per heavy atom. The zero-order chi connectivity index (χ0) is 13.5. The van der Waals surface area contributed by atoms with Gasteiger partial charge in [-0.1, -0.05) is 49.5 Å². The topological polar surface area (TPSA) is 46.3 Å². The van der Waals surface area contributed by atoms with Crippen molar-refractivity contribution in [3.8, 4) is 0 Å². The van der Waals surface area contributed by atoms with Crippen LogP contribution in [-0.2, 0) is 11.3 Å². The summed E-state index contributed by atoms with van der Waals surface area (Å²) in [6.07, 6.45) is 0.385. The normalized spacial score (nSPS) is 11.9. The quantitative estimate of drug-likeness (QED) is 0.802. The molecule has 1 aromatic rings. The number of amides is 1. The lowest BCUT2D eigenvalue weighted by Crippen LogP contribution is -2.33. The summed E-state index contributed by atoms with van der Waals surface area (Å²) in [5.74, 6) is 0.0546. The molecule has 1 unspecified atom stereocenters. The number of hydrogen-bond acceptors (Lipinski definition) is 2. The van der Waals surface area contributed by atoms with Gasteiger partial charge in [-0.3, -0.25) is 4.79 Å². The molecule has 1 rings (SSSR count).